The van der Waals surface area contributed by atoms with E-state index in [1.165, 1.54) is 0 Å². The lowest BCUT2D eigenvalue weighted by Gasteiger charge is -2.15. The first-order chi connectivity index (χ1) is 9.99. The van der Waals surface area contributed by atoms with E-state index in [9.17, 15) is 5.11 Å². The van der Waals surface area contributed by atoms with Crippen LogP contribution in [0.4, 0.5) is 0 Å². The van der Waals surface area contributed by atoms with Crippen molar-refractivity contribution in [1.29, 1.82) is 0 Å². The highest BCUT2D eigenvalue weighted by molar-refractivity contribution is 5.35. The Morgan fingerprint density at radius 2 is 2.14 bits per heavy atom. The SMILES string of the molecule is C=C(C)COCCNCC(O)COc1cc(C)ccc1C. The van der Waals surface area contributed by atoms with Gasteiger partial charge in [-0.05, 0) is 38.0 Å². The Hall–Kier alpha value is -1.36. The molecule has 1 unspecified atom stereocenters. The first-order valence-electron chi connectivity index (χ1n) is 7.30. The fourth-order valence-electron chi connectivity index (χ4n) is 1.77. The van der Waals surface area contributed by atoms with Crippen molar-refractivity contribution in [2.45, 2.75) is 26.9 Å². The van der Waals surface area contributed by atoms with Gasteiger partial charge < -0.3 is 19.9 Å². The van der Waals surface area contributed by atoms with Gasteiger partial charge in [0.1, 0.15) is 18.5 Å². The minimum Gasteiger partial charge on any atom is -0.491 e. The zero-order valence-corrected chi connectivity index (χ0v) is 13.3. The monoisotopic (exact) mass is 293 g/mol. The molecule has 0 aliphatic rings. The number of hydrogen-bond acceptors (Lipinski definition) is 4. The summed E-state index contributed by atoms with van der Waals surface area (Å²) in [6.45, 7) is 12.4. The van der Waals surface area contributed by atoms with Crippen molar-refractivity contribution in [3.63, 3.8) is 0 Å². The number of nitrogens with one attached hydrogen (secondary N) is 1. The third kappa shape index (κ3) is 7.85. The van der Waals surface area contributed by atoms with Crippen molar-refractivity contribution >= 4 is 0 Å². The number of rotatable bonds is 10. The Kier molecular flexibility index (Phi) is 8.05. The molecule has 0 aromatic heterocycles. The molecular weight excluding hydrogens is 266 g/mol. The van der Waals surface area contributed by atoms with Crippen LogP contribution < -0.4 is 10.1 Å². The van der Waals surface area contributed by atoms with Crippen LogP contribution in [0.3, 0.4) is 0 Å². The molecule has 0 radical (unpaired) electrons. The molecule has 0 fully saturated rings. The molecule has 4 heteroatoms. The number of aryl methyl sites for hydroxylation is 2. The van der Waals surface area contributed by atoms with Crippen LogP contribution in [0.2, 0.25) is 0 Å². The summed E-state index contributed by atoms with van der Waals surface area (Å²) in [5.41, 5.74) is 3.24. The van der Waals surface area contributed by atoms with Gasteiger partial charge in [-0.15, -0.1) is 0 Å². The van der Waals surface area contributed by atoms with Gasteiger partial charge in [0, 0.05) is 13.1 Å². The number of aliphatic hydroxyl groups is 1. The number of ether oxygens (including phenoxy) is 2. The molecule has 2 N–H and O–H groups in total. The smallest absolute Gasteiger partial charge is 0.122 e. The summed E-state index contributed by atoms with van der Waals surface area (Å²) in [6, 6.07) is 6.06. The largest absolute Gasteiger partial charge is 0.491 e. The lowest BCUT2D eigenvalue weighted by molar-refractivity contribution is 0.101. The van der Waals surface area contributed by atoms with E-state index in [4.69, 9.17) is 9.47 Å². The second-order valence-electron chi connectivity index (χ2n) is 5.45. The molecule has 0 saturated heterocycles. The van der Waals surface area contributed by atoms with E-state index in [0.29, 0.717) is 26.3 Å². The summed E-state index contributed by atoms with van der Waals surface area (Å²) in [5.74, 6) is 0.832. The molecule has 0 aliphatic heterocycles. The van der Waals surface area contributed by atoms with Crippen LogP contribution in [0.1, 0.15) is 18.1 Å². The van der Waals surface area contributed by atoms with Crippen molar-refractivity contribution in [1.82, 2.24) is 5.32 Å². The van der Waals surface area contributed by atoms with Crippen LogP contribution >= 0.6 is 0 Å². The number of benzene rings is 1. The van der Waals surface area contributed by atoms with Crippen LogP contribution in [-0.2, 0) is 4.74 Å². The number of aliphatic hydroxyl groups excluding tert-OH is 1. The van der Waals surface area contributed by atoms with Crippen LogP contribution in [0.5, 0.6) is 5.75 Å². The first kappa shape index (κ1) is 17.7. The maximum Gasteiger partial charge on any atom is 0.122 e. The minimum absolute atomic E-state index is 0.282. The zero-order valence-electron chi connectivity index (χ0n) is 13.3. The summed E-state index contributed by atoms with van der Waals surface area (Å²) < 4.78 is 11.0. The molecule has 1 aromatic carbocycles. The average Bonchev–Trinajstić information content (AvgIpc) is 2.43. The van der Waals surface area contributed by atoms with Crippen LogP contribution in [0.15, 0.2) is 30.4 Å². The normalized spacial score (nSPS) is 12.2. The van der Waals surface area contributed by atoms with Crippen LogP contribution in [0.25, 0.3) is 0 Å². The highest BCUT2D eigenvalue weighted by Crippen LogP contribution is 2.19. The maximum atomic E-state index is 9.87. The second kappa shape index (κ2) is 9.55. The Morgan fingerprint density at radius 1 is 1.38 bits per heavy atom. The van der Waals surface area contributed by atoms with Gasteiger partial charge in [0.15, 0.2) is 0 Å². The molecule has 0 saturated carbocycles. The average molecular weight is 293 g/mol. The van der Waals surface area contributed by atoms with Crippen molar-refractivity contribution < 1.29 is 14.6 Å². The summed E-state index contributed by atoms with van der Waals surface area (Å²) in [7, 11) is 0. The van der Waals surface area contributed by atoms with Gasteiger partial charge in [-0.1, -0.05) is 24.3 Å². The van der Waals surface area contributed by atoms with Crippen LogP contribution in [-0.4, -0.2) is 44.1 Å². The van der Waals surface area contributed by atoms with E-state index in [1.54, 1.807) is 0 Å². The molecule has 21 heavy (non-hydrogen) atoms. The maximum absolute atomic E-state index is 9.87. The molecule has 1 rings (SSSR count). The van der Waals surface area contributed by atoms with Gasteiger partial charge >= 0.3 is 0 Å². The molecule has 0 spiro atoms. The topological polar surface area (TPSA) is 50.7 Å². The van der Waals surface area contributed by atoms with Gasteiger partial charge in [0.2, 0.25) is 0 Å². The van der Waals surface area contributed by atoms with E-state index in [0.717, 1.165) is 22.4 Å². The van der Waals surface area contributed by atoms with E-state index < -0.39 is 6.10 Å². The molecule has 0 aliphatic carbocycles. The quantitative estimate of drug-likeness (QED) is 0.513. The standard InChI is InChI=1S/C17H27NO3/c1-13(2)11-20-8-7-18-10-16(19)12-21-17-9-14(3)5-6-15(17)4/h5-6,9,16,18-19H,1,7-8,10-12H2,2-4H3. The lowest BCUT2D eigenvalue weighted by atomic mass is 10.1. The Bertz CT molecular complexity index is 446. The van der Waals surface area contributed by atoms with Crippen molar-refractivity contribution in [2.75, 3.05) is 32.9 Å². The molecule has 1 aromatic rings. The first-order valence-corrected chi connectivity index (χ1v) is 7.30. The minimum atomic E-state index is -0.536. The lowest BCUT2D eigenvalue weighted by Crippen LogP contribution is -2.33. The Labute approximate surface area is 127 Å². The zero-order chi connectivity index (χ0) is 15.7. The molecule has 4 nitrogen and oxygen atoms in total. The summed E-state index contributed by atoms with van der Waals surface area (Å²) in [4.78, 5) is 0. The Balaban J connectivity index is 2.15. The van der Waals surface area contributed by atoms with Crippen molar-refractivity contribution in [3.8, 4) is 5.75 Å². The predicted octanol–water partition coefficient (Wildman–Crippen LogP) is 2.23. The van der Waals surface area contributed by atoms with Gasteiger partial charge in [-0.25, -0.2) is 0 Å². The van der Waals surface area contributed by atoms with E-state index in [1.807, 2.05) is 39.0 Å². The van der Waals surface area contributed by atoms with Gasteiger partial charge in [-0.3, -0.25) is 0 Å². The molecule has 118 valence electrons. The van der Waals surface area contributed by atoms with Crippen molar-refractivity contribution in [3.05, 3.63) is 41.5 Å². The third-order valence-electron chi connectivity index (χ3n) is 2.93. The van der Waals surface area contributed by atoms with E-state index in [2.05, 4.69) is 11.9 Å². The Morgan fingerprint density at radius 3 is 2.86 bits per heavy atom. The molecule has 0 heterocycles. The molecule has 0 amide bonds. The van der Waals surface area contributed by atoms with Crippen molar-refractivity contribution in [2.24, 2.45) is 0 Å². The number of hydrogen-bond donors (Lipinski definition) is 2. The van der Waals surface area contributed by atoms with Gasteiger partial charge in [-0.2, -0.15) is 0 Å². The fourth-order valence-corrected chi connectivity index (χ4v) is 1.77. The second-order valence-corrected chi connectivity index (χ2v) is 5.45. The van der Waals surface area contributed by atoms with E-state index in [-0.39, 0.29) is 6.61 Å². The third-order valence-corrected chi connectivity index (χ3v) is 2.93. The van der Waals surface area contributed by atoms with Gasteiger partial charge in [0.05, 0.1) is 13.2 Å². The highest BCUT2D eigenvalue weighted by Gasteiger charge is 2.06. The van der Waals surface area contributed by atoms with Gasteiger partial charge in [0.25, 0.3) is 0 Å². The molecule has 0 bridgehead atoms. The fraction of sp³-hybridized carbons (Fsp3) is 0.529. The van der Waals surface area contributed by atoms with E-state index >= 15 is 0 Å². The molecular formula is C17H27NO3. The summed E-state index contributed by atoms with van der Waals surface area (Å²) in [5, 5.41) is 13.0. The van der Waals surface area contributed by atoms with Crippen LogP contribution in [0, 0.1) is 13.8 Å². The summed E-state index contributed by atoms with van der Waals surface area (Å²) >= 11 is 0. The molecule has 1 atom stereocenters. The highest BCUT2D eigenvalue weighted by atomic mass is 16.5. The predicted molar refractivity (Wildman–Crippen MR) is 85.9 cm³/mol. The summed E-state index contributed by atoms with van der Waals surface area (Å²) in [6.07, 6.45) is -0.536.